The smallest absolute Gasteiger partial charge is 0.0552 e. The van der Waals surface area contributed by atoms with Crippen molar-refractivity contribution in [2.75, 3.05) is 0 Å². The standard InChI is InChI=1S/C26H19NS/c1-3-9-18(10-4-1)24-17-19-15-16-23-25(26(19)28-24)21-13-7-8-14-22(21)27(23)20-11-5-2-6-12-20/h1-16,24H,17H2. The van der Waals surface area contributed by atoms with Crippen molar-refractivity contribution >= 4 is 33.6 Å². The summed E-state index contributed by atoms with van der Waals surface area (Å²) in [6.45, 7) is 0. The molecule has 6 rings (SSSR count). The van der Waals surface area contributed by atoms with Gasteiger partial charge in [0.1, 0.15) is 0 Å². The Kier molecular flexibility index (Phi) is 3.60. The number of benzene rings is 4. The average Bonchev–Trinajstić information content (AvgIpc) is 3.34. The number of nitrogens with zero attached hydrogens (tertiary/aromatic N) is 1. The fourth-order valence-corrected chi connectivity index (χ4v) is 5.94. The van der Waals surface area contributed by atoms with Crippen LogP contribution in [0.2, 0.25) is 0 Å². The molecule has 28 heavy (non-hydrogen) atoms. The Morgan fingerprint density at radius 1 is 0.679 bits per heavy atom. The molecule has 1 aliphatic rings. The monoisotopic (exact) mass is 377 g/mol. The lowest BCUT2D eigenvalue weighted by molar-refractivity contribution is 0.951. The largest absolute Gasteiger partial charge is 0.309 e. The van der Waals surface area contributed by atoms with E-state index in [0.717, 1.165) is 6.42 Å². The van der Waals surface area contributed by atoms with E-state index in [-0.39, 0.29) is 0 Å². The fraction of sp³-hybridized carbons (Fsp3) is 0.0769. The zero-order valence-electron chi connectivity index (χ0n) is 15.4. The van der Waals surface area contributed by atoms with Gasteiger partial charge in [0, 0.05) is 26.6 Å². The minimum absolute atomic E-state index is 0.501. The van der Waals surface area contributed by atoms with Gasteiger partial charge in [0.05, 0.1) is 11.0 Å². The number of fused-ring (bicyclic) bond motifs is 5. The highest BCUT2D eigenvalue weighted by atomic mass is 32.2. The van der Waals surface area contributed by atoms with Gasteiger partial charge in [-0.3, -0.25) is 0 Å². The zero-order valence-corrected chi connectivity index (χ0v) is 16.2. The normalized spacial score (nSPS) is 15.9. The molecule has 0 saturated carbocycles. The van der Waals surface area contributed by atoms with Crippen molar-refractivity contribution in [2.24, 2.45) is 0 Å². The fourth-order valence-electron chi connectivity index (χ4n) is 4.46. The number of hydrogen-bond donors (Lipinski definition) is 0. The van der Waals surface area contributed by atoms with Gasteiger partial charge in [-0.15, -0.1) is 11.8 Å². The van der Waals surface area contributed by atoms with E-state index in [2.05, 4.69) is 102 Å². The summed E-state index contributed by atoms with van der Waals surface area (Å²) >= 11 is 2.03. The molecule has 2 heterocycles. The van der Waals surface area contributed by atoms with E-state index in [4.69, 9.17) is 0 Å². The molecular weight excluding hydrogens is 358 g/mol. The summed E-state index contributed by atoms with van der Waals surface area (Å²) in [5.41, 5.74) is 6.69. The highest BCUT2D eigenvalue weighted by Gasteiger charge is 2.27. The van der Waals surface area contributed by atoms with E-state index >= 15 is 0 Å². The molecule has 0 N–H and O–H groups in total. The van der Waals surface area contributed by atoms with Crippen molar-refractivity contribution in [3.63, 3.8) is 0 Å². The van der Waals surface area contributed by atoms with Crippen molar-refractivity contribution in [3.8, 4) is 5.69 Å². The van der Waals surface area contributed by atoms with Crippen molar-refractivity contribution in [1.29, 1.82) is 0 Å². The van der Waals surface area contributed by atoms with Crippen LogP contribution in [0.5, 0.6) is 0 Å². The number of thioether (sulfide) groups is 1. The maximum atomic E-state index is 2.40. The minimum atomic E-state index is 0.501. The second-order valence-corrected chi connectivity index (χ2v) is 8.57. The molecule has 1 aromatic heterocycles. The van der Waals surface area contributed by atoms with Crippen LogP contribution in [-0.2, 0) is 6.42 Å². The molecule has 0 radical (unpaired) electrons. The molecule has 1 unspecified atom stereocenters. The molecule has 0 saturated heterocycles. The molecule has 1 atom stereocenters. The van der Waals surface area contributed by atoms with E-state index in [1.165, 1.54) is 43.5 Å². The number of hydrogen-bond acceptors (Lipinski definition) is 1. The van der Waals surface area contributed by atoms with Gasteiger partial charge in [-0.2, -0.15) is 0 Å². The van der Waals surface area contributed by atoms with Crippen LogP contribution in [-0.4, -0.2) is 4.57 Å². The van der Waals surface area contributed by atoms with Crippen LogP contribution in [0.15, 0.2) is 102 Å². The van der Waals surface area contributed by atoms with Crippen LogP contribution in [0.4, 0.5) is 0 Å². The lowest BCUT2D eigenvalue weighted by Crippen LogP contribution is -1.93. The topological polar surface area (TPSA) is 4.93 Å². The summed E-state index contributed by atoms with van der Waals surface area (Å²) in [7, 11) is 0. The molecule has 2 heteroatoms. The molecule has 0 fully saturated rings. The first-order valence-corrected chi connectivity index (χ1v) is 10.6. The molecule has 0 aliphatic carbocycles. The van der Waals surface area contributed by atoms with Crippen LogP contribution in [0.25, 0.3) is 27.5 Å². The summed E-state index contributed by atoms with van der Waals surface area (Å²) < 4.78 is 2.40. The SMILES string of the molecule is c1ccc(C2Cc3ccc4c(c3S2)c2ccccc2n4-c2ccccc2)cc1. The maximum absolute atomic E-state index is 2.40. The maximum Gasteiger partial charge on any atom is 0.0552 e. The van der Waals surface area contributed by atoms with E-state index < -0.39 is 0 Å². The Balaban J connectivity index is 1.62. The summed E-state index contributed by atoms with van der Waals surface area (Å²) in [6, 6.07) is 35.1. The van der Waals surface area contributed by atoms with Crippen molar-refractivity contribution in [2.45, 2.75) is 16.6 Å². The first-order chi connectivity index (χ1) is 13.9. The van der Waals surface area contributed by atoms with Crippen LogP contribution < -0.4 is 0 Å². The third-order valence-corrected chi connectivity index (χ3v) is 7.15. The summed E-state index contributed by atoms with van der Waals surface area (Å²) in [5, 5.41) is 3.25. The van der Waals surface area contributed by atoms with Crippen molar-refractivity contribution < 1.29 is 0 Å². The summed E-state index contributed by atoms with van der Waals surface area (Å²) in [6.07, 6.45) is 1.10. The zero-order chi connectivity index (χ0) is 18.5. The minimum Gasteiger partial charge on any atom is -0.309 e. The number of rotatable bonds is 2. The van der Waals surface area contributed by atoms with Crippen LogP contribution in [0, 0.1) is 0 Å². The van der Waals surface area contributed by atoms with Gasteiger partial charge in [-0.25, -0.2) is 0 Å². The van der Waals surface area contributed by atoms with E-state index in [1.807, 2.05) is 11.8 Å². The summed E-state index contributed by atoms with van der Waals surface area (Å²) in [4.78, 5) is 1.46. The van der Waals surface area contributed by atoms with Gasteiger partial charge in [0.2, 0.25) is 0 Å². The molecule has 0 spiro atoms. The number of aromatic nitrogens is 1. The van der Waals surface area contributed by atoms with Gasteiger partial charge in [-0.05, 0) is 41.8 Å². The van der Waals surface area contributed by atoms with Crippen molar-refractivity contribution in [3.05, 3.63) is 108 Å². The molecule has 4 aromatic carbocycles. The van der Waals surface area contributed by atoms with E-state index in [1.54, 1.807) is 0 Å². The molecule has 0 amide bonds. The van der Waals surface area contributed by atoms with Gasteiger partial charge >= 0.3 is 0 Å². The first-order valence-electron chi connectivity index (χ1n) is 9.72. The van der Waals surface area contributed by atoms with E-state index in [0.29, 0.717) is 5.25 Å². The molecule has 134 valence electrons. The molecule has 5 aromatic rings. The van der Waals surface area contributed by atoms with E-state index in [9.17, 15) is 0 Å². The third-order valence-electron chi connectivity index (χ3n) is 5.72. The second kappa shape index (κ2) is 6.29. The predicted octanol–water partition coefficient (Wildman–Crippen LogP) is 7.17. The second-order valence-electron chi connectivity index (χ2n) is 7.36. The summed E-state index contributed by atoms with van der Waals surface area (Å²) in [5.74, 6) is 0. The molecular formula is C26H19NS. The molecule has 1 nitrogen and oxygen atoms in total. The van der Waals surface area contributed by atoms with Gasteiger partial charge in [-0.1, -0.05) is 72.8 Å². The molecule has 1 aliphatic heterocycles. The van der Waals surface area contributed by atoms with Gasteiger partial charge in [0.25, 0.3) is 0 Å². The number of para-hydroxylation sites is 2. The van der Waals surface area contributed by atoms with Gasteiger partial charge < -0.3 is 4.57 Å². The van der Waals surface area contributed by atoms with Crippen LogP contribution >= 0.6 is 11.8 Å². The lowest BCUT2D eigenvalue weighted by Gasteiger charge is -2.08. The third kappa shape index (κ3) is 2.35. The lowest BCUT2D eigenvalue weighted by atomic mass is 10.0. The average molecular weight is 378 g/mol. The first kappa shape index (κ1) is 16.0. The Labute approximate surface area is 168 Å². The highest BCUT2D eigenvalue weighted by molar-refractivity contribution is 8.00. The van der Waals surface area contributed by atoms with Gasteiger partial charge in [0.15, 0.2) is 0 Å². The Morgan fingerprint density at radius 3 is 2.21 bits per heavy atom. The predicted molar refractivity (Wildman–Crippen MR) is 120 cm³/mol. The van der Waals surface area contributed by atoms with Crippen molar-refractivity contribution in [1.82, 2.24) is 4.57 Å². The Hall–Kier alpha value is -2.97. The Bertz CT molecular complexity index is 1300. The Morgan fingerprint density at radius 2 is 1.39 bits per heavy atom. The highest BCUT2D eigenvalue weighted by Crippen LogP contribution is 2.51. The molecule has 0 bridgehead atoms. The quantitative estimate of drug-likeness (QED) is 0.315. The van der Waals surface area contributed by atoms with Crippen LogP contribution in [0.1, 0.15) is 16.4 Å². The van der Waals surface area contributed by atoms with Crippen LogP contribution in [0.3, 0.4) is 0 Å².